The van der Waals surface area contributed by atoms with Crippen LogP contribution in [-0.4, -0.2) is 50.7 Å². The van der Waals surface area contributed by atoms with Crippen LogP contribution in [0.25, 0.3) is 15.2 Å². The topological polar surface area (TPSA) is 79.5 Å². The molecule has 5 rings (SSSR count). The highest BCUT2D eigenvalue weighted by Crippen LogP contribution is 2.31. The van der Waals surface area contributed by atoms with E-state index in [0.717, 1.165) is 65.9 Å². The molecule has 1 aliphatic heterocycles. The molecule has 0 radical (unpaired) electrons. The van der Waals surface area contributed by atoms with Crippen LogP contribution in [0.3, 0.4) is 0 Å². The van der Waals surface area contributed by atoms with Gasteiger partial charge in [0, 0.05) is 42.8 Å². The number of fused-ring (bicyclic) bond motifs is 2. The number of hydrogen-bond donors (Lipinski definition) is 0. The van der Waals surface area contributed by atoms with Crippen molar-refractivity contribution in [1.82, 2.24) is 24.6 Å². The summed E-state index contributed by atoms with van der Waals surface area (Å²) in [6, 6.07) is 3.77. The molecule has 0 saturated carbocycles. The first-order valence-corrected chi connectivity index (χ1v) is 11.4. The first kappa shape index (κ1) is 18.4. The molecular formula is C19H21N7OS2. The third kappa shape index (κ3) is 3.36. The molecule has 0 atom stereocenters. The maximum absolute atomic E-state index is 12.4. The van der Waals surface area contributed by atoms with Crippen molar-refractivity contribution in [3.63, 3.8) is 0 Å². The van der Waals surface area contributed by atoms with Crippen LogP contribution >= 0.6 is 22.7 Å². The quantitative estimate of drug-likeness (QED) is 0.495. The van der Waals surface area contributed by atoms with E-state index in [4.69, 9.17) is 0 Å². The highest BCUT2D eigenvalue weighted by atomic mass is 32.1. The van der Waals surface area contributed by atoms with Gasteiger partial charge in [0.15, 0.2) is 0 Å². The lowest BCUT2D eigenvalue weighted by molar-refractivity contribution is 0.642. The van der Waals surface area contributed by atoms with Crippen LogP contribution < -0.4 is 15.4 Å². The van der Waals surface area contributed by atoms with Crippen LogP contribution in [0, 0.1) is 6.92 Å². The molecule has 4 aromatic heterocycles. The van der Waals surface area contributed by atoms with Crippen LogP contribution in [0.5, 0.6) is 0 Å². The van der Waals surface area contributed by atoms with Gasteiger partial charge in [0.1, 0.15) is 17.0 Å². The lowest BCUT2D eigenvalue weighted by atomic mass is 10.2. The number of anilines is 2. The lowest BCUT2D eigenvalue weighted by Gasteiger charge is -2.35. The van der Waals surface area contributed by atoms with Crippen molar-refractivity contribution in [2.24, 2.45) is 0 Å². The lowest BCUT2D eigenvalue weighted by Crippen LogP contribution is -2.47. The third-order valence-electron chi connectivity index (χ3n) is 5.07. The average molecular weight is 428 g/mol. The van der Waals surface area contributed by atoms with Gasteiger partial charge >= 0.3 is 0 Å². The Morgan fingerprint density at radius 1 is 1.07 bits per heavy atom. The van der Waals surface area contributed by atoms with Crippen LogP contribution in [0.2, 0.25) is 0 Å². The van der Waals surface area contributed by atoms with E-state index in [-0.39, 0.29) is 5.56 Å². The second-order valence-electron chi connectivity index (χ2n) is 7.16. The Balaban J connectivity index is 1.37. The van der Waals surface area contributed by atoms with Gasteiger partial charge < -0.3 is 9.80 Å². The largest absolute Gasteiger partial charge is 0.352 e. The summed E-state index contributed by atoms with van der Waals surface area (Å²) in [6.07, 6.45) is 3.43. The van der Waals surface area contributed by atoms with Crippen LogP contribution in [0.1, 0.15) is 23.9 Å². The Hall–Kier alpha value is -2.59. The SMILES string of the molecule is CCCc1cc(=O)n2nc(N3CCN(c4ncnc5sc(C)cc45)CC3)sc2n1. The predicted octanol–water partition coefficient (Wildman–Crippen LogP) is 2.74. The predicted molar refractivity (Wildman–Crippen MR) is 118 cm³/mol. The molecule has 4 aromatic rings. The van der Waals surface area contributed by atoms with Crippen molar-refractivity contribution in [2.75, 3.05) is 36.0 Å². The number of aromatic nitrogens is 5. The first-order valence-electron chi connectivity index (χ1n) is 9.73. The molecule has 10 heteroatoms. The number of nitrogens with zero attached hydrogens (tertiary/aromatic N) is 7. The van der Waals surface area contributed by atoms with E-state index in [1.54, 1.807) is 23.7 Å². The van der Waals surface area contributed by atoms with Crippen LogP contribution in [0.15, 0.2) is 23.3 Å². The van der Waals surface area contributed by atoms with E-state index in [0.29, 0.717) is 4.96 Å². The Labute approximate surface area is 175 Å². The molecule has 8 nitrogen and oxygen atoms in total. The number of piperazine rings is 1. The molecule has 0 amide bonds. The third-order valence-corrected chi connectivity index (χ3v) is 7.00. The van der Waals surface area contributed by atoms with Crippen molar-refractivity contribution in [3.05, 3.63) is 39.4 Å². The van der Waals surface area contributed by atoms with Gasteiger partial charge in [0.25, 0.3) is 5.56 Å². The second kappa shape index (κ2) is 7.34. The summed E-state index contributed by atoms with van der Waals surface area (Å²) in [7, 11) is 0. The number of aryl methyl sites for hydroxylation is 2. The van der Waals surface area contributed by atoms with Gasteiger partial charge in [0.2, 0.25) is 10.1 Å². The van der Waals surface area contributed by atoms with Crippen LogP contribution in [-0.2, 0) is 6.42 Å². The summed E-state index contributed by atoms with van der Waals surface area (Å²) in [5.41, 5.74) is 0.743. The molecule has 0 aliphatic carbocycles. The number of thiophene rings is 1. The zero-order valence-electron chi connectivity index (χ0n) is 16.3. The molecule has 1 fully saturated rings. The zero-order chi connectivity index (χ0) is 20.0. The molecular weight excluding hydrogens is 406 g/mol. The Kier molecular flexibility index (Phi) is 4.67. The molecule has 1 saturated heterocycles. The Bertz CT molecular complexity index is 1240. The van der Waals surface area contributed by atoms with Crippen LogP contribution in [0.4, 0.5) is 10.9 Å². The summed E-state index contributed by atoms with van der Waals surface area (Å²) in [4.78, 5) is 33.4. The molecule has 1 aliphatic rings. The molecule has 0 spiro atoms. The highest BCUT2D eigenvalue weighted by molar-refractivity contribution is 7.20. The number of rotatable bonds is 4. The fourth-order valence-electron chi connectivity index (χ4n) is 3.68. The fraction of sp³-hybridized carbons (Fsp3) is 0.421. The van der Waals surface area contributed by atoms with E-state index in [1.807, 2.05) is 0 Å². The van der Waals surface area contributed by atoms with E-state index < -0.39 is 0 Å². The van der Waals surface area contributed by atoms with Crippen molar-refractivity contribution in [3.8, 4) is 0 Å². The van der Waals surface area contributed by atoms with Gasteiger partial charge in [0.05, 0.1) is 5.39 Å². The normalized spacial score (nSPS) is 15.0. The van der Waals surface area contributed by atoms with E-state index in [9.17, 15) is 4.79 Å². The Morgan fingerprint density at radius 3 is 2.66 bits per heavy atom. The second-order valence-corrected chi connectivity index (χ2v) is 9.33. The van der Waals surface area contributed by atoms with Crippen molar-refractivity contribution >= 4 is 48.8 Å². The van der Waals surface area contributed by atoms with Crippen molar-refractivity contribution in [2.45, 2.75) is 26.7 Å². The van der Waals surface area contributed by atoms with Crippen molar-refractivity contribution < 1.29 is 0 Å². The van der Waals surface area contributed by atoms with Gasteiger partial charge in [-0.3, -0.25) is 4.79 Å². The smallest absolute Gasteiger partial charge is 0.275 e. The first-order chi connectivity index (χ1) is 14.1. The molecule has 0 N–H and O–H groups in total. The molecule has 0 bridgehead atoms. The monoisotopic (exact) mass is 427 g/mol. The van der Waals surface area contributed by atoms with Gasteiger partial charge in [-0.15, -0.1) is 16.4 Å². The maximum atomic E-state index is 12.4. The minimum absolute atomic E-state index is 0.101. The van der Waals surface area contributed by atoms with Crippen molar-refractivity contribution in [1.29, 1.82) is 0 Å². The summed E-state index contributed by atoms with van der Waals surface area (Å²) in [5.74, 6) is 1.00. The van der Waals surface area contributed by atoms with E-state index in [2.05, 4.69) is 49.8 Å². The maximum Gasteiger partial charge on any atom is 0.275 e. The molecule has 5 heterocycles. The highest BCUT2D eigenvalue weighted by Gasteiger charge is 2.23. The molecule has 150 valence electrons. The van der Waals surface area contributed by atoms with Gasteiger partial charge in [-0.1, -0.05) is 24.7 Å². The summed E-state index contributed by atoms with van der Waals surface area (Å²) >= 11 is 3.19. The molecule has 0 aromatic carbocycles. The average Bonchev–Trinajstić information content (AvgIpc) is 3.31. The van der Waals surface area contributed by atoms with Gasteiger partial charge in [-0.05, 0) is 19.4 Å². The summed E-state index contributed by atoms with van der Waals surface area (Å²) in [5, 5.41) is 6.51. The number of hydrogen-bond acceptors (Lipinski definition) is 9. The fourth-order valence-corrected chi connectivity index (χ4v) is 5.50. The van der Waals surface area contributed by atoms with E-state index >= 15 is 0 Å². The summed E-state index contributed by atoms with van der Waals surface area (Å²) < 4.78 is 1.42. The minimum Gasteiger partial charge on any atom is -0.352 e. The molecule has 29 heavy (non-hydrogen) atoms. The Morgan fingerprint density at radius 2 is 1.86 bits per heavy atom. The minimum atomic E-state index is -0.101. The van der Waals surface area contributed by atoms with Gasteiger partial charge in [-0.25, -0.2) is 15.0 Å². The zero-order valence-corrected chi connectivity index (χ0v) is 18.0. The standard InChI is InChI=1S/C19H21N7OS2/c1-3-4-13-10-15(27)26-18(22-13)29-19(23-26)25-7-5-24(6-8-25)16-14-9-12(2)28-17(14)21-11-20-16/h9-11H,3-8H2,1-2H3. The van der Waals surface area contributed by atoms with Gasteiger partial charge in [-0.2, -0.15) is 4.52 Å². The molecule has 0 unspecified atom stereocenters. The van der Waals surface area contributed by atoms with E-state index in [1.165, 1.54) is 20.7 Å². The summed E-state index contributed by atoms with van der Waals surface area (Å²) in [6.45, 7) is 7.53.